The van der Waals surface area contributed by atoms with E-state index in [2.05, 4.69) is 382 Å². The fourth-order valence-electron chi connectivity index (χ4n) is 13.6. The first-order chi connectivity index (χ1) is 70.0. The van der Waals surface area contributed by atoms with E-state index in [4.69, 9.17) is 11.5 Å². The number of carbonyl (C=O) groups is 4. The van der Waals surface area contributed by atoms with Crippen molar-refractivity contribution in [3.8, 4) is 0 Å². The summed E-state index contributed by atoms with van der Waals surface area (Å²) in [7, 11) is 16.3. The zero-order valence-corrected chi connectivity index (χ0v) is 112. The first kappa shape index (κ1) is 158. The molecule has 4 amide bonds. The Labute approximate surface area is 973 Å². The number of amides is 4. The Hall–Kier alpha value is -1.41. The SMILES string of the molecule is CC(C)SC(CCC(C)C(=O)N(C)C)C(=O)N(C)C.CC(C)SCC(CCS)N(Cc1ccccc1)Cc1ccccc1.CC(C)SCCC(CS)N(Cc1ccccc1)Cc1ccccc1.CCC(=O)N(C)N(C)C(=O)CSC(C)C.CCC(CCSC(C)C)N(C)C.CCC(N)CCSC(C)C.CCC(O)C(O)CSC(C)C.CCCC(CSC(C)C)N(C)C.CCCC(N)CSC(C)C.CCCS(=O)(=O)CCSC(C)C. The average molecular weight is 2330 g/mol. The molecule has 0 fully saturated rings. The van der Waals surface area contributed by atoms with Gasteiger partial charge in [-0.3, -0.25) is 39.0 Å². The third kappa shape index (κ3) is 98.3. The number of hydrogen-bond acceptors (Lipinski definition) is 26. The molecule has 4 rings (SSSR count). The highest BCUT2D eigenvalue weighted by Gasteiger charge is 2.27. The van der Waals surface area contributed by atoms with E-state index in [0.29, 0.717) is 91.5 Å². The molecule has 10 unspecified atom stereocenters. The number of thiol groups is 2. The molecule has 0 aliphatic heterocycles. The van der Waals surface area contributed by atoms with Crippen molar-refractivity contribution in [3.05, 3.63) is 144 Å². The third-order valence-electron chi connectivity index (χ3n) is 22.7. The summed E-state index contributed by atoms with van der Waals surface area (Å²) < 4.78 is 22.4. The van der Waals surface area contributed by atoms with Crippen LogP contribution in [0.2, 0.25) is 0 Å². The third-order valence-corrected chi connectivity index (χ3v) is 37.4. The first-order valence-corrected chi connectivity index (χ1v) is 68.8. The summed E-state index contributed by atoms with van der Waals surface area (Å²) in [4.78, 5) is 60.0. The molecule has 6 N–H and O–H groups in total. The molecule has 18 nitrogen and oxygen atoms in total. The van der Waals surface area contributed by atoms with Crippen LogP contribution in [0, 0.1) is 5.92 Å². The molecule has 4 aromatic rings. The molecule has 0 aliphatic rings. The van der Waals surface area contributed by atoms with Crippen molar-refractivity contribution in [1.29, 1.82) is 0 Å². The van der Waals surface area contributed by atoms with Gasteiger partial charge in [0.2, 0.25) is 17.7 Å². The second kappa shape index (κ2) is 102. The minimum Gasteiger partial charge on any atom is -0.390 e. The van der Waals surface area contributed by atoms with Gasteiger partial charge in [0.25, 0.3) is 5.91 Å². The molecular formula is C118H226N10O8S13. The van der Waals surface area contributed by atoms with Crippen molar-refractivity contribution in [2.45, 2.75) is 423 Å². The molecule has 0 bridgehead atoms. The van der Waals surface area contributed by atoms with Crippen LogP contribution >= 0.6 is 143 Å². The van der Waals surface area contributed by atoms with Crippen LogP contribution < -0.4 is 11.5 Å². The van der Waals surface area contributed by atoms with Gasteiger partial charge < -0.3 is 41.3 Å². The number of nitrogens with two attached hydrogens (primary N) is 2. The summed E-state index contributed by atoms with van der Waals surface area (Å²) in [6.45, 7) is 63.9. The topological polar surface area (TPSA) is 221 Å². The number of aliphatic hydroxyl groups excluding tert-OH is 2. The van der Waals surface area contributed by atoms with Gasteiger partial charge in [-0.15, -0.1) is 23.5 Å². The fraction of sp³-hybridized carbons (Fsp3) is 0.763. The highest BCUT2D eigenvalue weighted by atomic mass is 32.2. The van der Waals surface area contributed by atoms with Crippen LogP contribution in [0.5, 0.6) is 0 Å². The maximum atomic E-state index is 12.1. The molecule has 0 saturated carbocycles. The summed E-state index contributed by atoms with van der Waals surface area (Å²) >= 11 is 28.0. The lowest BCUT2D eigenvalue weighted by Gasteiger charge is -2.32. The van der Waals surface area contributed by atoms with Gasteiger partial charge in [-0.2, -0.15) is 119 Å². The number of sulfone groups is 1. The Kier molecular flexibility index (Phi) is 108. The van der Waals surface area contributed by atoms with Crippen molar-refractivity contribution in [3.63, 3.8) is 0 Å². The zero-order chi connectivity index (χ0) is 115. The van der Waals surface area contributed by atoms with Gasteiger partial charge in [0.15, 0.2) is 9.84 Å². The molecule has 31 heteroatoms. The highest BCUT2D eigenvalue weighted by Crippen LogP contribution is 2.29. The molecule has 0 heterocycles. The number of rotatable bonds is 64. The highest BCUT2D eigenvalue weighted by molar-refractivity contribution is 8.02. The van der Waals surface area contributed by atoms with Gasteiger partial charge in [0.05, 0.1) is 29.0 Å². The molecule has 0 saturated heterocycles. The van der Waals surface area contributed by atoms with Gasteiger partial charge in [0.1, 0.15) is 0 Å². The van der Waals surface area contributed by atoms with Gasteiger partial charge in [-0.1, -0.05) is 328 Å². The minimum atomic E-state index is -2.75. The van der Waals surface area contributed by atoms with E-state index >= 15 is 0 Å². The molecule has 0 aromatic heterocycles. The van der Waals surface area contributed by atoms with E-state index in [0.717, 1.165) is 120 Å². The number of hydrogen-bond donors (Lipinski definition) is 6. The van der Waals surface area contributed by atoms with Gasteiger partial charge in [-0.05, 0) is 203 Å². The summed E-state index contributed by atoms with van der Waals surface area (Å²) in [5, 5.41) is 27.4. The van der Waals surface area contributed by atoms with Crippen LogP contribution in [0.1, 0.15) is 312 Å². The number of hydrazine groups is 1. The van der Waals surface area contributed by atoms with Crippen LogP contribution in [0.25, 0.3) is 0 Å². The van der Waals surface area contributed by atoms with E-state index < -0.39 is 22.0 Å². The molecule has 874 valence electrons. The van der Waals surface area contributed by atoms with E-state index in [1.807, 2.05) is 69.9 Å². The van der Waals surface area contributed by atoms with E-state index in [-0.39, 0.29) is 34.8 Å². The van der Waals surface area contributed by atoms with Crippen molar-refractivity contribution >= 4 is 176 Å². The lowest BCUT2D eigenvalue weighted by atomic mass is 10.0. The molecule has 0 radical (unpaired) electrons. The maximum Gasteiger partial charge on any atom is 0.250 e. The largest absolute Gasteiger partial charge is 0.390 e. The Bertz CT molecular complexity index is 3690. The second-order valence-corrected chi connectivity index (χ2v) is 61.0. The Morgan fingerprint density at radius 2 is 0.691 bits per heavy atom. The smallest absolute Gasteiger partial charge is 0.250 e. The maximum absolute atomic E-state index is 12.1. The molecule has 0 aliphatic carbocycles. The monoisotopic (exact) mass is 2330 g/mol. The van der Waals surface area contributed by atoms with Crippen LogP contribution in [-0.2, 0) is 55.2 Å². The number of thioether (sulfide) groups is 10. The summed E-state index contributed by atoms with van der Waals surface area (Å²) in [6.07, 6.45) is 14.3. The second-order valence-electron chi connectivity index (χ2n) is 41.3. The lowest BCUT2D eigenvalue weighted by molar-refractivity contribution is -0.155. The molecule has 0 spiro atoms. The summed E-state index contributed by atoms with van der Waals surface area (Å²) in [5.74, 6) is 11.7. The Morgan fingerprint density at radius 3 is 1.02 bits per heavy atom. The molecular weight excluding hydrogens is 2100 g/mol. The van der Waals surface area contributed by atoms with Crippen molar-refractivity contribution in [1.82, 2.24) is 39.4 Å². The predicted octanol–water partition coefficient (Wildman–Crippen LogP) is 27.9. The average Bonchev–Trinajstić information content (AvgIpc) is 0.869. The quantitative estimate of drug-likeness (QED) is 0.0179. The number of benzene rings is 4. The van der Waals surface area contributed by atoms with Gasteiger partial charge in [-0.25, -0.2) is 8.42 Å². The van der Waals surface area contributed by atoms with Crippen LogP contribution in [0.15, 0.2) is 121 Å². The van der Waals surface area contributed by atoms with Crippen LogP contribution in [-0.4, -0.2) is 333 Å². The summed E-state index contributed by atoms with van der Waals surface area (Å²) in [5.41, 5.74) is 17.1. The Balaban J connectivity index is -0.000000388. The standard InChI is InChI=1S/2C21H29NS2.C14H28N2O2S.C10H20N2O2S.2C10H23NS.2C8H19NS.C8H18O2S2.C8H18O2S/c1-18(2)24-14-13-21(17-23)22(15-19-9-5-3-6-10-19)16-20-11-7-4-8-12-20;1-18(2)24-17-21(13-14-23)22(15-19-9-5-3-6-10-19)16-20-11-7-4-8-12-20;1-10(2)19-12(14(18)16(6)7)9-8-11(3)13(17)15(4)5;1-6-9(13)11(4)12(5)10(14)7-15-8(2)3;1-6-10(11(4)5)7-8-12-9(2)3;1-6-7-10(11(4)5)8-12-9(2)3;1-4-8(9)5-6-10-7(2)3;1-4-5-8(9)6-10-7(2)3;1-4-6-12(9,10)7-5-11-8(2)3;1-4-7(9)8(10)5-11-6(2)3/h2*3-12,18,21,23H,13-17H2,1-2H3;10-12H,8-9H2,1-7H3;8H,6-7H2,1-5H3;2*9-10H,6-8H2,1-5H3;2*7-8H,4-6,9H2,1-3H3;8H,4-7H2,1-3H3;6-10H,4-5H2,1-3H3. The number of carbonyl (C=O) groups excluding carboxylic acids is 4. The normalized spacial score (nSPS) is 13.4. The van der Waals surface area contributed by atoms with E-state index in [1.165, 1.54) is 107 Å². The molecule has 149 heavy (non-hydrogen) atoms. The summed E-state index contributed by atoms with van der Waals surface area (Å²) in [6, 6.07) is 46.6. The number of nitrogens with zero attached hydrogens (tertiary/aromatic N) is 8. The van der Waals surface area contributed by atoms with Crippen molar-refractivity contribution < 1.29 is 37.8 Å². The number of aliphatic hydroxyl groups is 2. The lowest BCUT2D eigenvalue weighted by Crippen LogP contribution is -2.45. The predicted molar refractivity (Wildman–Crippen MR) is 697 cm³/mol. The van der Waals surface area contributed by atoms with Gasteiger partial charge >= 0.3 is 0 Å². The van der Waals surface area contributed by atoms with E-state index in [9.17, 15) is 37.8 Å². The van der Waals surface area contributed by atoms with Crippen molar-refractivity contribution in [2.24, 2.45) is 17.4 Å². The van der Waals surface area contributed by atoms with Crippen LogP contribution in [0.3, 0.4) is 0 Å². The molecule has 10 atom stereocenters. The zero-order valence-electron chi connectivity index (χ0n) is 101. The molecule has 4 aromatic carbocycles. The van der Waals surface area contributed by atoms with E-state index in [1.54, 1.807) is 106 Å². The Morgan fingerprint density at radius 1 is 0.336 bits per heavy atom. The first-order valence-electron chi connectivity index (χ1n) is 55.4. The minimum absolute atomic E-state index is 0.0276. The van der Waals surface area contributed by atoms with Crippen molar-refractivity contribution in [2.75, 3.05) is 145 Å². The van der Waals surface area contributed by atoms with Crippen LogP contribution in [0.4, 0.5) is 0 Å². The van der Waals surface area contributed by atoms with Gasteiger partial charge in [0, 0.05) is 157 Å². The fourth-order valence-corrected chi connectivity index (χ4v) is 25.3.